The number of hydrogen-bond acceptors (Lipinski definition) is 7. The highest BCUT2D eigenvalue weighted by atomic mass is 17.2. The van der Waals surface area contributed by atoms with Crippen molar-refractivity contribution in [3.63, 3.8) is 0 Å². The molecule has 1 aromatic carbocycles. The van der Waals surface area contributed by atoms with Crippen LogP contribution in [0.4, 0.5) is 5.69 Å². The lowest BCUT2D eigenvalue weighted by Gasteiger charge is -2.32. The molecule has 1 heterocycles. The molecule has 0 fully saturated rings. The van der Waals surface area contributed by atoms with Crippen LogP contribution in [0, 0.1) is 10.1 Å². The Morgan fingerprint density at radius 2 is 1.85 bits per heavy atom. The maximum Gasteiger partial charge on any atom is 0.309 e. The molecule has 1 aliphatic heterocycles. The van der Waals surface area contributed by atoms with Gasteiger partial charge in [-0.2, -0.15) is 0 Å². The van der Waals surface area contributed by atoms with E-state index in [0.717, 1.165) is 17.0 Å². The molecule has 1 aliphatic rings. The summed E-state index contributed by atoms with van der Waals surface area (Å²) in [4.78, 5) is 32.9. The van der Waals surface area contributed by atoms with Crippen molar-refractivity contribution >= 4 is 11.7 Å². The number of ether oxygens (including phenoxy) is 1. The molecule has 0 aromatic heterocycles. The first-order valence-corrected chi connectivity index (χ1v) is 8.02. The number of methoxy groups -OCH3 is 1. The van der Waals surface area contributed by atoms with Crippen LogP contribution < -0.4 is 5.32 Å². The number of rotatable bonds is 7. The number of nitro groups is 1. The van der Waals surface area contributed by atoms with Gasteiger partial charge in [-0.15, -0.1) is 0 Å². The van der Waals surface area contributed by atoms with Crippen LogP contribution in [0.15, 0.2) is 46.8 Å². The van der Waals surface area contributed by atoms with Crippen LogP contribution >= 0.6 is 0 Å². The Morgan fingerprint density at radius 1 is 1.19 bits per heavy atom. The quantitative estimate of drug-likeness (QED) is 0.344. The van der Waals surface area contributed by atoms with Crippen LogP contribution in [0.1, 0.15) is 31.7 Å². The van der Waals surface area contributed by atoms with Crippen molar-refractivity contribution in [3.05, 3.63) is 62.5 Å². The third kappa shape index (κ3) is 4.09. The number of carbonyl (C=O) groups is 1. The van der Waals surface area contributed by atoms with Crippen LogP contribution in [0.25, 0.3) is 0 Å². The van der Waals surface area contributed by atoms with Gasteiger partial charge in [-0.3, -0.25) is 14.9 Å². The van der Waals surface area contributed by atoms with E-state index in [-0.39, 0.29) is 18.7 Å². The Labute approximate surface area is 151 Å². The van der Waals surface area contributed by atoms with Crippen LogP contribution in [0.5, 0.6) is 0 Å². The second-order valence-corrected chi connectivity index (χ2v) is 5.86. The summed E-state index contributed by atoms with van der Waals surface area (Å²) in [7, 11) is 2.70. The van der Waals surface area contributed by atoms with E-state index in [4.69, 9.17) is 14.5 Å². The molecule has 8 heteroatoms. The zero-order chi connectivity index (χ0) is 19.3. The molecule has 0 spiro atoms. The number of nitro benzene ring substituents is 1. The molecule has 0 saturated heterocycles. The van der Waals surface area contributed by atoms with Crippen molar-refractivity contribution in [1.29, 1.82) is 0 Å². The van der Waals surface area contributed by atoms with Crippen molar-refractivity contribution in [1.82, 2.24) is 5.32 Å². The number of hydrogen-bond donors (Lipinski definition) is 1. The molecule has 1 atom stereocenters. The monoisotopic (exact) mass is 362 g/mol. The van der Waals surface area contributed by atoms with Crippen LogP contribution in [-0.4, -0.2) is 31.7 Å². The Morgan fingerprint density at radius 3 is 2.46 bits per heavy atom. The van der Waals surface area contributed by atoms with Crippen LogP contribution in [0.2, 0.25) is 0 Å². The number of dihydropyridines is 1. The predicted octanol–water partition coefficient (Wildman–Crippen LogP) is 2.97. The second-order valence-electron chi connectivity index (χ2n) is 5.86. The fourth-order valence-electron chi connectivity index (χ4n) is 3.13. The number of para-hydroxylation sites is 1. The number of esters is 1. The molecular weight excluding hydrogens is 340 g/mol. The first-order valence-electron chi connectivity index (χ1n) is 8.02. The van der Waals surface area contributed by atoms with E-state index in [1.807, 2.05) is 13.8 Å². The summed E-state index contributed by atoms with van der Waals surface area (Å²) in [5, 5.41) is 14.8. The summed E-state index contributed by atoms with van der Waals surface area (Å²) in [6.45, 7) is 3.79. The van der Waals surface area contributed by atoms with E-state index in [1.165, 1.54) is 20.3 Å². The highest BCUT2D eigenvalue weighted by molar-refractivity contribution is 5.74. The van der Waals surface area contributed by atoms with Gasteiger partial charge in [0.25, 0.3) is 5.69 Å². The van der Waals surface area contributed by atoms with Gasteiger partial charge in [0.2, 0.25) is 0 Å². The minimum atomic E-state index is -0.493. The van der Waals surface area contributed by atoms with Gasteiger partial charge in [-0.05, 0) is 25.0 Å². The van der Waals surface area contributed by atoms with Crippen LogP contribution in [-0.2, 0) is 19.3 Å². The van der Waals surface area contributed by atoms with Crippen LogP contribution in [0.3, 0.4) is 0 Å². The average molecular weight is 362 g/mol. The van der Waals surface area contributed by atoms with E-state index < -0.39 is 16.8 Å². The standard InChI is InChI=1S/C18H22N2O6/c1-11-14(9-17(21)24-3)18(15(10-26-25-4)12(2)19-11)13-7-5-6-8-16(13)20(22)23/h5-8,18-19H,9-10H2,1-4H3. The van der Waals surface area contributed by atoms with Crippen molar-refractivity contribution in [2.75, 3.05) is 20.8 Å². The first kappa shape index (κ1) is 19.6. The van der Waals surface area contributed by atoms with Crippen molar-refractivity contribution in [2.24, 2.45) is 0 Å². The molecule has 0 bridgehead atoms. The van der Waals surface area contributed by atoms with Gasteiger partial charge in [0.1, 0.15) is 6.61 Å². The summed E-state index contributed by atoms with van der Waals surface area (Å²) in [6.07, 6.45) is 0.00973. The van der Waals surface area contributed by atoms with Gasteiger partial charge >= 0.3 is 5.97 Å². The first-order chi connectivity index (χ1) is 12.4. The number of nitrogens with one attached hydrogen (secondary N) is 1. The molecule has 140 valence electrons. The molecule has 0 amide bonds. The summed E-state index contributed by atoms with van der Waals surface area (Å²) in [6, 6.07) is 6.49. The Balaban J connectivity index is 2.62. The van der Waals surface area contributed by atoms with E-state index in [0.29, 0.717) is 11.1 Å². The maximum atomic E-state index is 11.9. The lowest BCUT2D eigenvalue weighted by atomic mass is 9.79. The Hall–Kier alpha value is -2.71. The summed E-state index contributed by atoms with van der Waals surface area (Å²) in [5.74, 6) is -0.914. The minimum Gasteiger partial charge on any atom is -0.469 e. The third-order valence-electron chi connectivity index (χ3n) is 4.37. The smallest absolute Gasteiger partial charge is 0.309 e. The number of benzene rings is 1. The highest BCUT2D eigenvalue weighted by Crippen LogP contribution is 2.42. The largest absolute Gasteiger partial charge is 0.469 e. The normalized spacial score (nSPS) is 17.2. The number of carbonyl (C=O) groups excluding carboxylic acids is 1. The summed E-state index contributed by atoms with van der Waals surface area (Å²) < 4.78 is 4.80. The van der Waals surface area contributed by atoms with Gasteiger partial charge in [-0.1, -0.05) is 18.2 Å². The van der Waals surface area contributed by atoms with E-state index in [1.54, 1.807) is 18.2 Å². The highest BCUT2D eigenvalue weighted by Gasteiger charge is 2.34. The van der Waals surface area contributed by atoms with Crippen molar-refractivity contribution in [3.8, 4) is 0 Å². The van der Waals surface area contributed by atoms with Gasteiger partial charge in [0, 0.05) is 28.9 Å². The molecule has 8 nitrogen and oxygen atoms in total. The van der Waals surface area contributed by atoms with E-state index in [9.17, 15) is 14.9 Å². The molecule has 26 heavy (non-hydrogen) atoms. The van der Waals surface area contributed by atoms with E-state index >= 15 is 0 Å². The van der Waals surface area contributed by atoms with E-state index in [2.05, 4.69) is 5.32 Å². The SMILES string of the molecule is COOCC1=C(C)NC(C)=C(CC(=O)OC)C1c1ccccc1[N+](=O)[O-]. The van der Waals surface area contributed by atoms with Gasteiger partial charge < -0.3 is 10.1 Å². The van der Waals surface area contributed by atoms with Crippen molar-refractivity contribution in [2.45, 2.75) is 26.2 Å². The zero-order valence-electron chi connectivity index (χ0n) is 15.2. The predicted molar refractivity (Wildman–Crippen MR) is 94.0 cm³/mol. The number of nitrogens with zero attached hydrogens (tertiary/aromatic N) is 1. The third-order valence-corrected chi connectivity index (χ3v) is 4.37. The molecule has 0 radical (unpaired) electrons. The average Bonchev–Trinajstić information content (AvgIpc) is 2.62. The van der Waals surface area contributed by atoms with Gasteiger partial charge in [0.15, 0.2) is 0 Å². The topological polar surface area (TPSA) is 99.9 Å². The maximum absolute atomic E-state index is 11.9. The lowest BCUT2D eigenvalue weighted by Crippen LogP contribution is -2.28. The Bertz CT molecular complexity index is 769. The zero-order valence-corrected chi connectivity index (χ0v) is 15.2. The molecule has 0 aliphatic carbocycles. The van der Waals surface area contributed by atoms with Crippen molar-refractivity contribution < 1.29 is 24.2 Å². The molecule has 2 rings (SSSR count). The summed E-state index contributed by atoms with van der Waals surface area (Å²) >= 11 is 0. The minimum absolute atomic E-state index is 0.00973. The fraction of sp³-hybridized carbons (Fsp3) is 0.389. The molecule has 1 N–H and O–H groups in total. The summed E-state index contributed by atoms with van der Waals surface area (Å²) in [5.41, 5.74) is 3.49. The molecule has 1 unspecified atom stereocenters. The Kier molecular flexibility index (Phi) is 6.48. The van der Waals surface area contributed by atoms with Gasteiger partial charge in [-0.25, -0.2) is 9.78 Å². The fourth-order valence-corrected chi connectivity index (χ4v) is 3.13. The van der Waals surface area contributed by atoms with Gasteiger partial charge in [0.05, 0.1) is 25.6 Å². The molecule has 1 aromatic rings. The molecule has 0 saturated carbocycles. The molecular formula is C18H22N2O6. The lowest BCUT2D eigenvalue weighted by molar-refractivity contribution is -0.385. The second kappa shape index (κ2) is 8.59. The number of allylic oxidation sites excluding steroid dienone is 2.